The third-order valence-electron chi connectivity index (χ3n) is 3.03. The van der Waals surface area contributed by atoms with Crippen LogP contribution in [-0.2, 0) is 4.79 Å². The van der Waals surface area contributed by atoms with Crippen molar-refractivity contribution in [2.75, 3.05) is 25.4 Å². The van der Waals surface area contributed by atoms with Crippen LogP contribution in [0.15, 0.2) is 12.3 Å². The minimum Gasteiger partial charge on any atom is -0.397 e. The van der Waals surface area contributed by atoms with Gasteiger partial charge < -0.3 is 20.9 Å². The van der Waals surface area contributed by atoms with E-state index in [1.54, 1.807) is 12.3 Å². The first kappa shape index (κ1) is 12.5. The molecule has 0 atom stereocenters. The van der Waals surface area contributed by atoms with Crippen molar-refractivity contribution in [2.24, 2.45) is 0 Å². The maximum atomic E-state index is 11.7. The predicted octanol–water partition coefficient (Wildman–Crippen LogP) is 0.339. The molecule has 1 saturated heterocycles. The minimum atomic E-state index is -0.235. The second-order valence-electron chi connectivity index (χ2n) is 4.44. The normalized spacial score (nSPS) is 14.8. The largest absolute Gasteiger partial charge is 0.397 e. The molecule has 0 spiro atoms. The Morgan fingerprint density at radius 2 is 2.11 bits per heavy atom. The van der Waals surface area contributed by atoms with Crippen molar-refractivity contribution < 1.29 is 9.59 Å². The molecule has 4 N–H and O–H groups in total. The van der Waals surface area contributed by atoms with Gasteiger partial charge in [-0.2, -0.15) is 0 Å². The quantitative estimate of drug-likeness (QED) is 0.719. The predicted molar refractivity (Wildman–Crippen MR) is 68.0 cm³/mol. The molecule has 2 rings (SSSR count). The number of nitrogens with zero attached hydrogens (tertiary/aromatic N) is 1. The zero-order chi connectivity index (χ0) is 13.0. The number of aromatic nitrogens is 1. The summed E-state index contributed by atoms with van der Waals surface area (Å²) in [6.45, 7) is 2.05. The van der Waals surface area contributed by atoms with Gasteiger partial charge >= 0.3 is 0 Å². The molecule has 0 radical (unpaired) electrons. The SMILES string of the molecule is Nc1c[nH]c(C(=O)NCCC(=O)N2CCCC2)c1. The van der Waals surface area contributed by atoms with Crippen LogP contribution in [0, 0.1) is 0 Å². The molecule has 0 aliphatic carbocycles. The van der Waals surface area contributed by atoms with Crippen molar-refractivity contribution >= 4 is 17.5 Å². The van der Waals surface area contributed by atoms with Crippen LogP contribution in [0.1, 0.15) is 29.8 Å². The van der Waals surface area contributed by atoms with E-state index in [0.29, 0.717) is 24.3 Å². The van der Waals surface area contributed by atoms with Gasteiger partial charge in [0, 0.05) is 37.9 Å². The molecule has 6 heteroatoms. The van der Waals surface area contributed by atoms with Crippen molar-refractivity contribution in [2.45, 2.75) is 19.3 Å². The summed E-state index contributed by atoms with van der Waals surface area (Å²) in [5, 5.41) is 2.69. The van der Waals surface area contributed by atoms with Gasteiger partial charge in [-0.05, 0) is 18.9 Å². The number of rotatable bonds is 4. The van der Waals surface area contributed by atoms with Crippen molar-refractivity contribution in [3.05, 3.63) is 18.0 Å². The van der Waals surface area contributed by atoms with Crippen molar-refractivity contribution in [1.82, 2.24) is 15.2 Å². The fourth-order valence-corrected chi connectivity index (χ4v) is 2.05. The molecule has 0 unspecified atom stereocenters. The summed E-state index contributed by atoms with van der Waals surface area (Å²) < 4.78 is 0. The van der Waals surface area contributed by atoms with Crippen LogP contribution in [-0.4, -0.2) is 41.3 Å². The van der Waals surface area contributed by atoms with Crippen molar-refractivity contribution in [1.29, 1.82) is 0 Å². The molecule has 0 saturated carbocycles. The number of anilines is 1. The zero-order valence-electron chi connectivity index (χ0n) is 10.2. The fraction of sp³-hybridized carbons (Fsp3) is 0.500. The molecule has 0 aromatic carbocycles. The lowest BCUT2D eigenvalue weighted by Gasteiger charge is -2.14. The van der Waals surface area contributed by atoms with E-state index in [1.807, 2.05) is 4.90 Å². The molecule has 1 aromatic heterocycles. The van der Waals surface area contributed by atoms with E-state index in [0.717, 1.165) is 25.9 Å². The lowest BCUT2D eigenvalue weighted by molar-refractivity contribution is -0.129. The number of nitrogen functional groups attached to an aromatic ring is 1. The van der Waals surface area contributed by atoms with E-state index in [4.69, 9.17) is 5.73 Å². The summed E-state index contributed by atoms with van der Waals surface area (Å²) in [5.41, 5.74) is 6.44. The summed E-state index contributed by atoms with van der Waals surface area (Å²) in [6.07, 6.45) is 4.08. The molecule has 6 nitrogen and oxygen atoms in total. The van der Waals surface area contributed by atoms with Crippen LogP contribution < -0.4 is 11.1 Å². The maximum absolute atomic E-state index is 11.7. The number of H-pyrrole nitrogens is 1. The fourth-order valence-electron chi connectivity index (χ4n) is 2.05. The number of carbonyl (C=O) groups is 2. The van der Waals surface area contributed by atoms with E-state index in [1.165, 1.54) is 0 Å². The number of hydrogen-bond acceptors (Lipinski definition) is 3. The first-order valence-corrected chi connectivity index (χ1v) is 6.16. The van der Waals surface area contributed by atoms with Gasteiger partial charge in [0.2, 0.25) is 5.91 Å². The zero-order valence-corrected chi connectivity index (χ0v) is 10.2. The Labute approximate surface area is 106 Å². The van der Waals surface area contributed by atoms with Crippen LogP contribution >= 0.6 is 0 Å². The Balaban J connectivity index is 1.71. The minimum absolute atomic E-state index is 0.110. The van der Waals surface area contributed by atoms with Crippen LogP contribution in [0.2, 0.25) is 0 Å². The second kappa shape index (κ2) is 5.57. The number of amides is 2. The lowest BCUT2D eigenvalue weighted by atomic mass is 10.3. The average Bonchev–Trinajstić information content (AvgIpc) is 2.99. The molecule has 0 bridgehead atoms. The molecule has 98 valence electrons. The van der Waals surface area contributed by atoms with Crippen molar-refractivity contribution in [3.8, 4) is 0 Å². The van der Waals surface area contributed by atoms with Gasteiger partial charge in [-0.3, -0.25) is 9.59 Å². The van der Waals surface area contributed by atoms with Gasteiger partial charge in [0.25, 0.3) is 5.91 Å². The van der Waals surface area contributed by atoms with Crippen LogP contribution in [0.25, 0.3) is 0 Å². The molecule has 1 aromatic rings. The highest BCUT2D eigenvalue weighted by molar-refractivity contribution is 5.93. The molecular formula is C12H18N4O2. The molecule has 2 heterocycles. The van der Waals surface area contributed by atoms with E-state index in [2.05, 4.69) is 10.3 Å². The number of nitrogens with two attached hydrogens (primary N) is 1. The van der Waals surface area contributed by atoms with Gasteiger partial charge in [-0.15, -0.1) is 0 Å². The van der Waals surface area contributed by atoms with E-state index in [9.17, 15) is 9.59 Å². The average molecular weight is 250 g/mol. The van der Waals surface area contributed by atoms with Crippen molar-refractivity contribution in [3.63, 3.8) is 0 Å². The Bertz CT molecular complexity index is 435. The summed E-state index contributed by atoms with van der Waals surface area (Å²) in [4.78, 5) is 28.0. The topological polar surface area (TPSA) is 91.2 Å². The summed E-state index contributed by atoms with van der Waals surface area (Å²) >= 11 is 0. The highest BCUT2D eigenvalue weighted by Gasteiger charge is 2.17. The molecule has 1 aliphatic rings. The van der Waals surface area contributed by atoms with E-state index < -0.39 is 0 Å². The Hall–Kier alpha value is -1.98. The van der Waals surface area contributed by atoms with Gasteiger partial charge in [-0.1, -0.05) is 0 Å². The highest BCUT2D eigenvalue weighted by atomic mass is 16.2. The van der Waals surface area contributed by atoms with Gasteiger partial charge in [0.05, 0.1) is 0 Å². The number of nitrogens with one attached hydrogen (secondary N) is 2. The lowest BCUT2D eigenvalue weighted by Crippen LogP contribution is -2.32. The standard InChI is InChI=1S/C12H18N4O2/c13-9-7-10(15-8-9)12(18)14-4-3-11(17)16-5-1-2-6-16/h7-8,15H,1-6,13H2,(H,14,18). The summed E-state index contributed by atoms with van der Waals surface area (Å²) in [5.74, 6) is -0.125. The van der Waals surface area contributed by atoms with E-state index in [-0.39, 0.29) is 11.8 Å². The summed E-state index contributed by atoms with van der Waals surface area (Å²) in [7, 11) is 0. The Kier molecular flexibility index (Phi) is 3.86. The highest BCUT2D eigenvalue weighted by Crippen LogP contribution is 2.08. The van der Waals surface area contributed by atoms with Gasteiger partial charge in [-0.25, -0.2) is 0 Å². The van der Waals surface area contributed by atoms with E-state index >= 15 is 0 Å². The number of aromatic amines is 1. The smallest absolute Gasteiger partial charge is 0.267 e. The number of carbonyl (C=O) groups excluding carboxylic acids is 2. The summed E-state index contributed by atoms with van der Waals surface area (Å²) in [6, 6.07) is 1.57. The third-order valence-corrected chi connectivity index (χ3v) is 3.03. The monoisotopic (exact) mass is 250 g/mol. The Morgan fingerprint density at radius 1 is 1.39 bits per heavy atom. The molecule has 1 aliphatic heterocycles. The Morgan fingerprint density at radius 3 is 2.72 bits per heavy atom. The van der Waals surface area contributed by atoms with Gasteiger partial charge in [0.1, 0.15) is 5.69 Å². The molecule has 2 amide bonds. The first-order valence-electron chi connectivity index (χ1n) is 6.16. The van der Waals surface area contributed by atoms with Crippen LogP contribution in [0.3, 0.4) is 0 Å². The van der Waals surface area contributed by atoms with Gasteiger partial charge in [0.15, 0.2) is 0 Å². The molecule has 1 fully saturated rings. The third kappa shape index (κ3) is 3.03. The first-order chi connectivity index (χ1) is 8.66. The second-order valence-corrected chi connectivity index (χ2v) is 4.44. The molecular weight excluding hydrogens is 232 g/mol. The molecule has 18 heavy (non-hydrogen) atoms. The number of likely N-dealkylation sites (tertiary alicyclic amines) is 1. The van der Waals surface area contributed by atoms with Crippen LogP contribution in [0.4, 0.5) is 5.69 Å². The maximum Gasteiger partial charge on any atom is 0.267 e. The van der Waals surface area contributed by atoms with Crippen LogP contribution in [0.5, 0.6) is 0 Å². The number of hydrogen-bond donors (Lipinski definition) is 3.